The zero-order chi connectivity index (χ0) is 14.8. The number of carboxylic acids is 1. The first-order valence-electron chi connectivity index (χ1n) is 6.06. The maximum absolute atomic E-state index is 12.0. The predicted molar refractivity (Wildman–Crippen MR) is 68.5 cm³/mol. The van der Waals surface area contributed by atoms with Crippen LogP contribution in [0.15, 0.2) is 0 Å². The van der Waals surface area contributed by atoms with Crippen molar-refractivity contribution in [3.8, 4) is 6.07 Å². The van der Waals surface area contributed by atoms with Crippen molar-refractivity contribution < 1.29 is 19.4 Å². The van der Waals surface area contributed by atoms with Gasteiger partial charge in [0, 0.05) is 20.2 Å². The van der Waals surface area contributed by atoms with E-state index in [0.29, 0.717) is 6.54 Å². The Morgan fingerprint density at radius 1 is 1.47 bits per heavy atom. The first-order valence-corrected chi connectivity index (χ1v) is 6.06. The minimum atomic E-state index is -1.15. The van der Waals surface area contributed by atoms with Crippen LogP contribution in [0.25, 0.3) is 0 Å². The molecule has 0 saturated heterocycles. The van der Waals surface area contributed by atoms with Gasteiger partial charge in [-0.25, -0.2) is 9.59 Å². The first-order chi connectivity index (χ1) is 8.92. The summed E-state index contributed by atoms with van der Waals surface area (Å²) in [7, 11) is 1.36. The van der Waals surface area contributed by atoms with Gasteiger partial charge in [-0.15, -0.1) is 0 Å². The van der Waals surface area contributed by atoms with Crippen molar-refractivity contribution in [2.45, 2.75) is 26.3 Å². The number of carboxylic acid groups (broad SMARTS) is 1. The van der Waals surface area contributed by atoms with Crippen LogP contribution in [0.4, 0.5) is 4.79 Å². The second-order valence-corrected chi connectivity index (χ2v) is 4.54. The molecule has 108 valence electrons. The summed E-state index contributed by atoms with van der Waals surface area (Å²) >= 11 is 0. The second kappa shape index (κ2) is 9.16. The Labute approximate surface area is 113 Å². The Balaban J connectivity index is 4.59. The van der Waals surface area contributed by atoms with Crippen molar-refractivity contribution in [1.29, 1.82) is 5.26 Å². The normalized spacial score (nSPS) is 11.7. The molecule has 7 heteroatoms. The van der Waals surface area contributed by atoms with Gasteiger partial charge in [-0.3, -0.25) is 0 Å². The molecule has 0 saturated carbocycles. The number of rotatable bonds is 8. The largest absolute Gasteiger partial charge is 0.480 e. The van der Waals surface area contributed by atoms with Crippen molar-refractivity contribution in [3.05, 3.63) is 0 Å². The number of aliphatic carboxylic acids is 1. The number of nitriles is 1. The SMILES string of the molecule is COCC(NC(=O)N(CCC#N)CC(C)C)C(=O)O. The van der Waals surface area contributed by atoms with E-state index in [-0.39, 0.29) is 25.5 Å². The molecule has 0 bridgehead atoms. The van der Waals surface area contributed by atoms with E-state index in [1.54, 1.807) is 0 Å². The van der Waals surface area contributed by atoms with Gasteiger partial charge >= 0.3 is 12.0 Å². The maximum atomic E-state index is 12.0. The quantitative estimate of drug-likeness (QED) is 0.675. The molecule has 0 rings (SSSR count). The third-order valence-electron chi connectivity index (χ3n) is 2.30. The Kier molecular flexibility index (Phi) is 8.29. The number of amides is 2. The third kappa shape index (κ3) is 7.26. The summed E-state index contributed by atoms with van der Waals surface area (Å²) in [6.07, 6.45) is 0.210. The van der Waals surface area contributed by atoms with Crippen molar-refractivity contribution in [2.75, 3.05) is 26.8 Å². The van der Waals surface area contributed by atoms with Crippen LogP contribution in [0.5, 0.6) is 0 Å². The van der Waals surface area contributed by atoms with Crippen LogP contribution in [0.3, 0.4) is 0 Å². The van der Waals surface area contributed by atoms with Gasteiger partial charge in [0.1, 0.15) is 0 Å². The van der Waals surface area contributed by atoms with Crippen molar-refractivity contribution in [3.63, 3.8) is 0 Å². The number of hydrogen-bond donors (Lipinski definition) is 2. The van der Waals surface area contributed by atoms with E-state index >= 15 is 0 Å². The molecule has 0 fully saturated rings. The van der Waals surface area contributed by atoms with Crippen molar-refractivity contribution >= 4 is 12.0 Å². The van der Waals surface area contributed by atoms with Gasteiger partial charge in [-0.1, -0.05) is 13.8 Å². The minimum absolute atomic E-state index is 0.102. The van der Waals surface area contributed by atoms with Gasteiger partial charge < -0.3 is 20.1 Å². The molecule has 2 N–H and O–H groups in total. The molecule has 0 aliphatic carbocycles. The fourth-order valence-corrected chi connectivity index (χ4v) is 1.48. The van der Waals surface area contributed by atoms with Crippen LogP contribution in [0, 0.1) is 17.2 Å². The Morgan fingerprint density at radius 2 is 2.11 bits per heavy atom. The lowest BCUT2D eigenvalue weighted by molar-refractivity contribution is -0.140. The summed E-state index contributed by atoms with van der Waals surface area (Å²) in [5.41, 5.74) is 0. The molecule has 0 radical (unpaired) electrons. The molecule has 0 aliphatic rings. The molecular weight excluding hydrogens is 250 g/mol. The zero-order valence-corrected chi connectivity index (χ0v) is 11.5. The van der Waals surface area contributed by atoms with Crippen molar-refractivity contribution in [2.24, 2.45) is 5.92 Å². The number of nitrogens with one attached hydrogen (secondary N) is 1. The second-order valence-electron chi connectivity index (χ2n) is 4.54. The molecule has 1 unspecified atom stereocenters. The molecule has 0 aromatic rings. The monoisotopic (exact) mass is 271 g/mol. The lowest BCUT2D eigenvalue weighted by Gasteiger charge is -2.25. The van der Waals surface area contributed by atoms with E-state index in [2.05, 4.69) is 5.32 Å². The molecule has 0 aromatic heterocycles. The number of nitrogens with zero attached hydrogens (tertiary/aromatic N) is 2. The number of ether oxygens (including phenoxy) is 1. The van der Waals surface area contributed by atoms with Crippen LogP contribution in [-0.4, -0.2) is 54.9 Å². The number of carbonyl (C=O) groups excluding carboxylic acids is 1. The highest BCUT2D eigenvalue weighted by molar-refractivity contribution is 5.82. The first kappa shape index (κ1) is 17.2. The van der Waals surface area contributed by atoms with Crippen LogP contribution in [0.1, 0.15) is 20.3 Å². The van der Waals surface area contributed by atoms with E-state index in [4.69, 9.17) is 15.1 Å². The summed E-state index contributed by atoms with van der Waals surface area (Å²) in [5, 5.41) is 19.9. The molecule has 0 heterocycles. The fourth-order valence-electron chi connectivity index (χ4n) is 1.48. The molecule has 0 aliphatic heterocycles. The lowest BCUT2D eigenvalue weighted by Crippen LogP contribution is -2.50. The Morgan fingerprint density at radius 3 is 2.53 bits per heavy atom. The molecule has 0 aromatic carbocycles. The van der Waals surface area contributed by atoms with E-state index in [0.717, 1.165) is 0 Å². The third-order valence-corrected chi connectivity index (χ3v) is 2.30. The summed E-state index contributed by atoms with van der Waals surface area (Å²) in [4.78, 5) is 24.3. The van der Waals surface area contributed by atoms with Crippen LogP contribution < -0.4 is 5.32 Å². The number of hydrogen-bond acceptors (Lipinski definition) is 4. The highest BCUT2D eigenvalue weighted by Crippen LogP contribution is 2.01. The average Bonchev–Trinajstić information content (AvgIpc) is 2.33. The lowest BCUT2D eigenvalue weighted by atomic mass is 10.2. The van der Waals surface area contributed by atoms with Crippen LogP contribution in [0.2, 0.25) is 0 Å². The van der Waals surface area contributed by atoms with E-state index in [9.17, 15) is 9.59 Å². The molecule has 2 amide bonds. The minimum Gasteiger partial charge on any atom is -0.480 e. The summed E-state index contributed by atoms with van der Waals surface area (Å²) in [6, 6.07) is 0.384. The van der Waals surface area contributed by atoms with E-state index in [1.807, 2.05) is 19.9 Å². The summed E-state index contributed by atoms with van der Waals surface area (Å²) in [5.74, 6) is -0.921. The maximum Gasteiger partial charge on any atom is 0.328 e. The van der Waals surface area contributed by atoms with Crippen LogP contribution in [-0.2, 0) is 9.53 Å². The molecule has 19 heavy (non-hydrogen) atoms. The van der Waals surface area contributed by atoms with Gasteiger partial charge in [0.2, 0.25) is 0 Å². The molecule has 1 atom stereocenters. The van der Waals surface area contributed by atoms with Gasteiger partial charge in [0.15, 0.2) is 6.04 Å². The molecular formula is C12H21N3O4. The Hall–Kier alpha value is -1.81. The van der Waals surface area contributed by atoms with Gasteiger partial charge in [-0.2, -0.15) is 5.26 Å². The fraction of sp³-hybridized carbons (Fsp3) is 0.750. The Bertz CT molecular complexity index is 338. The number of carbonyl (C=O) groups is 2. The zero-order valence-electron chi connectivity index (χ0n) is 11.5. The topological polar surface area (TPSA) is 103 Å². The van der Waals surface area contributed by atoms with E-state index in [1.165, 1.54) is 12.0 Å². The highest BCUT2D eigenvalue weighted by atomic mass is 16.5. The molecule has 7 nitrogen and oxygen atoms in total. The van der Waals surface area contributed by atoms with Gasteiger partial charge in [0.05, 0.1) is 19.1 Å². The van der Waals surface area contributed by atoms with Crippen molar-refractivity contribution in [1.82, 2.24) is 10.2 Å². The standard InChI is InChI=1S/C12H21N3O4/c1-9(2)7-15(6-4-5-13)12(18)14-10(8-19-3)11(16)17/h9-10H,4,6-8H2,1-3H3,(H,14,18)(H,16,17). The highest BCUT2D eigenvalue weighted by Gasteiger charge is 2.23. The molecule has 0 spiro atoms. The number of urea groups is 1. The van der Waals surface area contributed by atoms with Gasteiger partial charge in [0.25, 0.3) is 0 Å². The summed E-state index contributed by atoms with van der Waals surface area (Å²) in [6.45, 7) is 4.52. The van der Waals surface area contributed by atoms with Crippen LogP contribution >= 0.6 is 0 Å². The summed E-state index contributed by atoms with van der Waals surface area (Å²) < 4.78 is 4.74. The predicted octanol–water partition coefficient (Wildman–Crippen LogP) is 0.667. The number of methoxy groups -OCH3 is 1. The smallest absolute Gasteiger partial charge is 0.328 e. The average molecular weight is 271 g/mol. The van der Waals surface area contributed by atoms with E-state index < -0.39 is 18.0 Å². The van der Waals surface area contributed by atoms with Gasteiger partial charge in [-0.05, 0) is 5.92 Å².